The van der Waals surface area contributed by atoms with Gasteiger partial charge in [-0.05, 0) is 91.0 Å². The predicted molar refractivity (Wildman–Crippen MR) is 145 cm³/mol. The van der Waals surface area contributed by atoms with E-state index >= 15 is 0 Å². The summed E-state index contributed by atoms with van der Waals surface area (Å²) in [6.07, 6.45) is 3.87. The van der Waals surface area contributed by atoms with Gasteiger partial charge in [0.2, 0.25) is 15.9 Å². The molecule has 0 radical (unpaired) electrons. The Balaban J connectivity index is 1.24. The number of carbonyl (C=O) groups is 1. The zero-order valence-corrected chi connectivity index (χ0v) is 22.6. The van der Waals surface area contributed by atoms with Crippen molar-refractivity contribution in [2.75, 3.05) is 5.32 Å². The van der Waals surface area contributed by atoms with Gasteiger partial charge in [0.1, 0.15) is 4.24 Å². The van der Waals surface area contributed by atoms with Crippen molar-refractivity contribution in [3.05, 3.63) is 81.1 Å². The van der Waals surface area contributed by atoms with Gasteiger partial charge in [0, 0.05) is 17.8 Å². The normalized spacial score (nSPS) is 25.2. The van der Waals surface area contributed by atoms with Crippen molar-refractivity contribution >= 4 is 51.1 Å². The van der Waals surface area contributed by atoms with Gasteiger partial charge >= 0.3 is 6.18 Å². The zero-order valence-electron chi connectivity index (χ0n) is 20.2. The summed E-state index contributed by atoms with van der Waals surface area (Å²) < 4.78 is 67.2. The predicted octanol–water partition coefficient (Wildman–Crippen LogP) is 6.31. The van der Waals surface area contributed by atoms with E-state index in [1.165, 1.54) is 36.0 Å². The molecule has 2 aromatic carbocycles. The Morgan fingerprint density at radius 3 is 2.34 bits per heavy atom. The van der Waals surface area contributed by atoms with Crippen LogP contribution in [0.3, 0.4) is 0 Å². The van der Waals surface area contributed by atoms with Crippen molar-refractivity contribution in [2.24, 2.45) is 11.8 Å². The van der Waals surface area contributed by atoms with Gasteiger partial charge in [-0.15, -0.1) is 11.6 Å². The molecule has 1 aliphatic heterocycles. The number of rotatable bonds is 6. The van der Waals surface area contributed by atoms with Gasteiger partial charge in [-0.1, -0.05) is 36.0 Å². The molecule has 5 nitrogen and oxygen atoms in total. The highest BCUT2D eigenvalue weighted by Gasteiger charge is 2.42. The van der Waals surface area contributed by atoms with Gasteiger partial charge < -0.3 is 5.32 Å². The molecule has 11 heteroatoms. The number of hydrogen-bond acceptors (Lipinski definition) is 4. The molecular formula is C27H26ClF3N2O3S2. The summed E-state index contributed by atoms with van der Waals surface area (Å²) in [5, 5.41) is 2.81. The molecule has 2 N–H and O–H groups in total. The number of alkyl halides is 4. The molecule has 38 heavy (non-hydrogen) atoms. The first-order chi connectivity index (χ1) is 18.0. The van der Waals surface area contributed by atoms with Crippen molar-refractivity contribution < 1.29 is 26.4 Å². The number of sulfonamides is 1. The van der Waals surface area contributed by atoms with Crippen LogP contribution in [0.15, 0.2) is 58.9 Å². The van der Waals surface area contributed by atoms with Gasteiger partial charge in [-0.3, -0.25) is 4.79 Å². The van der Waals surface area contributed by atoms with Gasteiger partial charge in [0.25, 0.3) is 0 Å². The fourth-order valence-corrected chi connectivity index (χ4v) is 8.79. The first-order valence-electron chi connectivity index (χ1n) is 12.3. The lowest BCUT2D eigenvalue weighted by molar-refractivity contribution is -0.137. The van der Waals surface area contributed by atoms with Crippen molar-refractivity contribution in [3.8, 4) is 0 Å². The maximum absolute atomic E-state index is 13.0. The lowest BCUT2D eigenvalue weighted by Gasteiger charge is -2.23. The molecule has 5 rings (SSSR count). The molecule has 2 aromatic rings. The standard InChI is InChI=1S/C27H26ClF3N2O3S2/c28-23-10-12-25(37-23)38(35,36)33-26-18-4-5-19(26)14-20-15-22(9-6-17(20)13-18)32-24(34)11-3-16-1-7-21(8-2-16)27(29,30)31/h1-3,6-9,11-12,15,18-19,23,26,33H,4-5,10,13-14H2,(H,32,34)/b11-3+. The first kappa shape index (κ1) is 27.3. The summed E-state index contributed by atoms with van der Waals surface area (Å²) in [4.78, 5) is 12.5. The van der Waals surface area contributed by atoms with Crippen LogP contribution in [0.25, 0.3) is 6.08 Å². The highest BCUT2D eigenvalue weighted by Crippen LogP contribution is 2.43. The Hall–Kier alpha value is -2.27. The fourth-order valence-electron chi connectivity index (χ4n) is 5.44. The summed E-state index contributed by atoms with van der Waals surface area (Å²) >= 11 is 7.26. The second-order valence-electron chi connectivity index (χ2n) is 9.87. The maximum atomic E-state index is 13.0. The van der Waals surface area contributed by atoms with Crippen LogP contribution in [-0.4, -0.2) is 25.1 Å². The molecule has 1 saturated carbocycles. The molecule has 0 saturated heterocycles. The van der Waals surface area contributed by atoms with Crippen molar-refractivity contribution in [3.63, 3.8) is 0 Å². The number of thioether (sulfide) groups is 1. The van der Waals surface area contributed by atoms with Crippen LogP contribution in [0, 0.1) is 11.8 Å². The monoisotopic (exact) mass is 582 g/mol. The number of hydrogen-bond donors (Lipinski definition) is 2. The van der Waals surface area contributed by atoms with Crippen molar-refractivity contribution in [1.29, 1.82) is 0 Å². The molecular weight excluding hydrogens is 557 g/mol. The van der Waals surface area contributed by atoms with Crippen LogP contribution in [-0.2, 0) is 33.8 Å². The highest BCUT2D eigenvalue weighted by atomic mass is 35.5. The van der Waals surface area contributed by atoms with Crippen LogP contribution in [0.5, 0.6) is 0 Å². The van der Waals surface area contributed by atoms with E-state index in [2.05, 4.69) is 10.0 Å². The van der Waals surface area contributed by atoms with E-state index in [0.29, 0.717) is 28.3 Å². The van der Waals surface area contributed by atoms with Gasteiger partial charge in [-0.25, -0.2) is 13.1 Å². The fraction of sp³-hybridized carbons (Fsp3) is 0.370. The topological polar surface area (TPSA) is 75.3 Å². The van der Waals surface area contributed by atoms with Crippen LogP contribution in [0.2, 0.25) is 0 Å². The highest BCUT2D eigenvalue weighted by molar-refractivity contribution is 8.19. The average molecular weight is 583 g/mol. The average Bonchev–Trinajstić information content (AvgIpc) is 3.41. The molecule has 1 fully saturated rings. The van der Waals surface area contributed by atoms with Crippen molar-refractivity contribution in [1.82, 2.24) is 4.72 Å². The number of amides is 1. The van der Waals surface area contributed by atoms with Crippen LogP contribution < -0.4 is 10.0 Å². The Labute approximate surface area is 229 Å². The molecule has 4 unspecified atom stereocenters. The second kappa shape index (κ2) is 10.7. The number of carbonyl (C=O) groups excluding carboxylic acids is 1. The van der Waals surface area contributed by atoms with Gasteiger partial charge in [0.05, 0.1) is 10.3 Å². The van der Waals surface area contributed by atoms with E-state index in [0.717, 1.165) is 42.5 Å². The van der Waals surface area contributed by atoms with E-state index in [1.807, 2.05) is 18.2 Å². The Morgan fingerprint density at radius 1 is 1.03 bits per heavy atom. The summed E-state index contributed by atoms with van der Waals surface area (Å²) in [5.74, 6) is -0.0483. The number of halogens is 4. The molecule has 2 aliphatic carbocycles. The third-order valence-electron chi connectivity index (χ3n) is 7.30. The summed E-state index contributed by atoms with van der Waals surface area (Å²) in [6.45, 7) is 0. The largest absolute Gasteiger partial charge is 0.416 e. The molecule has 1 heterocycles. The SMILES string of the molecule is O=C(/C=C/c1ccc(C(F)(F)F)cc1)Nc1ccc2c(c1)CC1CCC(C2)C1NS(=O)(=O)C1=CCC(Cl)S1. The Bertz CT molecular complexity index is 1390. The van der Waals surface area contributed by atoms with Crippen LogP contribution in [0.4, 0.5) is 18.9 Å². The zero-order chi connectivity index (χ0) is 27.1. The molecule has 202 valence electrons. The van der Waals surface area contributed by atoms with Crippen LogP contribution in [0.1, 0.15) is 41.5 Å². The Morgan fingerprint density at radius 2 is 1.71 bits per heavy atom. The molecule has 4 atom stereocenters. The van der Waals surface area contributed by atoms with Gasteiger partial charge in [-0.2, -0.15) is 13.2 Å². The lowest BCUT2D eigenvalue weighted by Crippen LogP contribution is -2.41. The maximum Gasteiger partial charge on any atom is 0.416 e. The summed E-state index contributed by atoms with van der Waals surface area (Å²) in [6, 6.07) is 10.1. The second-order valence-corrected chi connectivity index (χ2v) is 13.8. The number of allylic oxidation sites excluding steroid dienone is 1. The molecule has 2 bridgehead atoms. The minimum Gasteiger partial charge on any atom is -0.323 e. The van der Waals surface area contributed by atoms with Gasteiger partial charge in [0.15, 0.2) is 0 Å². The smallest absolute Gasteiger partial charge is 0.323 e. The number of anilines is 1. The van der Waals surface area contributed by atoms with E-state index < -0.39 is 27.7 Å². The summed E-state index contributed by atoms with van der Waals surface area (Å²) in [5.41, 5.74) is 2.58. The van der Waals surface area contributed by atoms with E-state index in [1.54, 1.807) is 6.08 Å². The number of benzene rings is 2. The molecule has 3 aliphatic rings. The molecule has 1 amide bonds. The molecule has 0 spiro atoms. The lowest BCUT2D eigenvalue weighted by atomic mass is 9.93. The van der Waals surface area contributed by atoms with Crippen molar-refractivity contribution in [2.45, 2.75) is 49.0 Å². The number of nitrogens with one attached hydrogen (secondary N) is 2. The first-order valence-corrected chi connectivity index (χ1v) is 15.1. The summed E-state index contributed by atoms with van der Waals surface area (Å²) in [7, 11) is -3.62. The van der Waals surface area contributed by atoms with E-state index in [4.69, 9.17) is 11.6 Å². The molecule has 0 aromatic heterocycles. The quantitative estimate of drug-likeness (QED) is 0.309. The third kappa shape index (κ3) is 6.14. The number of fused-ring (bicyclic) bond motifs is 3. The Kier molecular flexibility index (Phi) is 7.70. The minimum absolute atomic E-state index is 0.153. The van der Waals surface area contributed by atoms with E-state index in [9.17, 15) is 26.4 Å². The van der Waals surface area contributed by atoms with E-state index in [-0.39, 0.29) is 22.6 Å². The minimum atomic E-state index is -4.41. The van der Waals surface area contributed by atoms with Crippen LogP contribution >= 0.6 is 23.4 Å². The third-order valence-corrected chi connectivity index (χ3v) is 10.8.